The van der Waals surface area contributed by atoms with Crippen LogP contribution in [0.15, 0.2) is 24.3 Å². The zero-order valence-corrected chi connectivity index (χ0v) is 10.5. The van der Waals surface area contributed by atoms with Gasteiger partial charge in [0.1, 0.15) is 6.04 Å². The molecule has 0 aliphatic carbocycles. The van der Waals surface area contributed by atoms with Gasteiger partial charge in [-0.05, 0) is 19.4 Å². The Morgan fingerprint density at radius 1 is 1.37 bits per heavy atom. The zero-order valence-electron chi connectivity index (χ0n) is 10.5. The first-order chi connectivity index (χ1) is 8.91. The molecule has 1 heterocycles. The normalized spacial score (nSPS) is 19.3. The van der Waals surface area contributed by atoms with Gasteiger partial charge in [-0.3, -0.25) is 24.7 Å². The highest BCUT2D eigenvalue weighted by Crippen LogP contribution is 2.25. The van der Waals surface area contributed by atoms with E-state index in [-0.39, 0.29) is 11.7 Å². The summed E-state index contributed by atoms with van der Waals surface area (Å²) in [6.45, 7) is 3.54. The van der Waals surface area contributed by atoms with Crippen molar-refractivity contribution in [1.82, 2.24) is 10.4 Å². The molecule has 7 nitrogen and oxygen atoms in total. The van der Waals surface area contributed by atoms with Crippen molar-refractivity contribution in [2.75, 3.05) is 0 Å². The molecule has 1 unspecified atom stereocenters. The maximum atomic E-state index is 11.9. The van der Waals surface area contributed by atoms with E-state index in [1.807, 2.05) is 0 Å². The molecule has 1 saturated heterocycles. The average Bonchev–Trinajstić information content (AvgIpc) is 2.67. The van der Waals surface area contributed by atoms with Crippen LogP contribution in [0.1, 0.15) is 25.5 Å². The Bertz CT molecular complexity index is 556. The fourth-order valence-corrected chi connectivity index (χ4v) is 1.93. The molecule has 0 radical (unpaired) electrons. The molecule has 100 valence electrons. The van der Waals surface area contributed by atoms with Gasteiger partial charge in [0.05, 0.1) is 4.92 Å². The van der Waals surface area contributed by atoms with E-state index < -0.39 is 22.7 Å². The molecule has 1 N–H and O–H groups in total. The number of hydrogen-bond donors (Lipinski definition) is 1. The number of nitrogens with zero attached hydrogens (tertiary/aromatic N) is 2. The molecule has 0 spiro atoms. The second kappa shape index (κ2) is 4.77. The Balaban J connectivity index is 2.33. The zero-order chi connectivity index (χ0) is 14.2. The smallest absolute Gasteiger partial charge is 0.286 e. The van der Waals surface area contributed by atoms with E-state index in [0.29, 0.717) is 5.56 Å². The SMILES string of the molecule is CC(C)N1NC(c2cccc([N+](=O)[O-])c2)C(=O)C1=O. The number of carbonyl (C=O) groups is 2. The number of Topliss-reactive ketones (excluding diaryl/α,β-unsaturated/α-hetero) is 1. The van der Waals surface area contributed by atoms with Crippen LogP contribution < -0.4 is 5.43 Å². The average molecular weight is 263 g/mol. The summed E-state index contributed by atoms with van der Waals surface area (Å²) in [5.74, 6) is -1.22. The lowest BCUT2D eigenvalue weighted by molar-refractivity contribution is -0.384. The highest BCUT2D eigenvalue weighted by atomic mass is 16.6. The third kappa shape index (κ3) is 2.32. The number of ketones is 1. The monoisotopic (exact) mass is 263 g/mol. The number of nitrogens with one attached hydrogen (secondary N) is 1. The Kier molecular flexibility index (Phi) is 3.30. The standard InChI is InChI=1S/C12H13N3O4/c1-7(2)14-12(17)11(16)10(13-14)8-4-3-5-9(6-8)15(18)19/h3-7,10,13H,1-2H3. The van der Waals surface area contributed by atoms with Gasteiger partial charge in [-0.15, -0.1) is 0 Å². The van der Waals surface area contributed by atoms with Crippen molar-refractivity contribution in [3.63, 3.8) is 0 Å². The van der Waals surface area contributed by atoms with Gasteiger partial charge in [-0.1, -0.05) is 12.1 Å². The maximum Gasteiger partial charge on any atom is 0.306 e. The molecule has 2 rings (SSSR count). The van der Waals surface area contributed by atoms with Crippen LogP contribution in [-0.2, 0) is 9.59 Å². The molecule has 1 amide bonds. The summed E-state index contributed by atoms with van der Waals surface area (Å²) in [5, 5.41) is 12.0. The molecule has 1 aliphatic heterocycles. The van der Waals surface area contributed by atoms with Gasteiger partial charge >= 0.3 is 5.91 Å². The van der Waals surface area contributed by atoms with Gasteiger partial charge in [-0.2, -0.15) is 0 Å². The van der Waals surface area contributed by atoms with Crippen molar-refractivity contribution >= 4 is 17.4 Å². The number of non-ortho nitro benzene ring substituents is 1. The minimum atomic E-state index is -0.852. The van der Waals surface area contributed by atoms with E-state index >= 15 is 0 Å². The van der Waals surface area contributed by atoms with Gasteiger partial charge in [-0.25, -0.2) is 5.43 Å². The van der Waals surface area contributed by atoms with Crippen molar-refractivity contribution in [2.45, 2.75) is 25.9 Å². The third-order valence-electron chi connectivity index (χ3n) is 2.89. The lowest BCUT2D eigenvalue weighted by Gasteiger charge is -2.20. The Morgan fingerprint density at radius 3 is 2.58 bits per heavy atom. The van der Waals surface area contributed by atoms with Crippen molar-refractivity contribution in [1.29, 1.82) is 0 Å². The van der Waals surface area contributed by atoms with E-state index in [9.17, 15) is 19.7 Å². The first-order valence-electron chi connectivity index (χ1n) is 5.79. The van der Waals surface area contributed by atoms with Crippen molar-refractivity contribution in [2.24, 2.45) is 0 Å². The Labute approximate surface area is 109 Å². The fraction of sp³-hybridized carbons (Fsp3) is 0.333. The summed E-state index contributed by atoms with van der Waals surface area (Å²) in [4.78, 5) is 33.8. The van der Waals surface area contributed by atoms with Gasteiger partial charge in [0.15, 0.2) is 0 Å². The summed E-state index contributed by atoms with van der Waals surface area (Å²) < 4.78 is 0. The van der Waals surface area contributed by atoms with Crippen molar-refractivity contribution in [3.05, 3.63) is 39.9 Å². The van der Waals surface area contributed by atoms with Crippen molar-refractivity contribution in [3.8, 4) is 0 Å². The van der Waals surface area contributed by atoms with Crippen LogP contribution in [0.25, 0.3) is 0 Å². The second-order valence-electron chi connectivity index (χ2n) is 4.55. The van der Waals surface area contributed by atoms with Gasteiger partial charge in [0.2, 0.25) is 5.78 Å². The van der Waals surface area contributed by atoms with Crippen LogP contribution in [0, 0.1) is 10.1 Å². The molecule has 7 heteroatoms. The van der Waals surface area contributed by atoms with Gasteiger partial charge in [0, 0.05) is 18.2 Å². The van der Waals surface area contributed by atoms with E-state index in [1.54, 1.807) is 19.9 Å². The first-order valence-corrected chi connectivity index (χ1v) is 5.79. The van der Waals surface area contributed by atoms with Crippen LogP contribution in [0.4, 0.5) is 5.69 Å². The van der Waals surface area contributed by atoms with E-state index in [1.165, 1.54) is 23.2 Å². The summed E-state index contributed by atoms with van der Waals surface area (Å²) >= 11 is 0. The van der Waals surface area contributed by atoms with E-state index in [2.05, 4.69) is 5.43 Å². The quantitative estimate of drug-likeness (QED) is 0.498. The number of rotatable bonds is 3. The fourth-order valence-electron chi connectivity index (χ4n) is 1.93. The lowest BCUT2D eigenvalue weighted by atomic mass is 10.0. The number of benzene rings is 1. The minimum Gasteiger partial charge on any atom is -0.286 e. The van der Waals surface area contributed by atoms with Crippen LogP contribution >= 0.6 is 0 Å². The van der Waals surface area contributed by atoms with Gasteiger partial charge in [0.25, 0.3) is 5.69 Å². The Morgan fingerprint density at radius 2 is 2.05 bits per heavy atom. The molecule has 19 heavy (non-hydrogen) atoms. The largest absolute Gasteiger partial charge is 0.306 e. The second-order valence-corrected chi connectivity index (χ2v) is 4.55. The summed E-state index contributed by atoms with van der Waals surface area (Å²) in [5.41, 5.74) is 3.09. The molecule has 0 saturated carbocycles. The Hall–Kier alpha value is -2.28. The van der Waals surface area contributed by atoms with Crippen LogP contribution in [0.5, 0.6) is 0 Å². The molecule has 1 fully saturated rings. The molecular formula is C12H13N3O4. The predicted molar refractivity (Wildman–Crippen MR) is 66.0 cm³/mol. The number of hydrazine groups is 1. The maximum absolute atomic E-state index is 11.9. The highest BCUT2D eigenvalue weighted by molar-refractivity contribution is 6.39. The molecule has 0 bridgehead atoms. The lowest BCUT2D eigenvalue weighted by Crippen LogP contribution is -2.40. The summed E-state index contributed by atoms with van der Waals surface area (Å²) in [7, 11) is 0. The number of carbonyl (C=O) groups excluding carboxylic acids is 2. The molecule has 1 atom stereocenters. The van der Waals surface area contributed by atoms with Gasteiger partial charge < -0.3 is 0 Å². The highest BCUT2D eigenvalue weighted by Gasteiger charge is 2.40. The number of hydrogen-bond acceptors (Lipinski definition) is 5. The minimum absolute atomic E-state index is 0.109. The van der Waals surface area contributed by atoms with Crippen LogP contribution in [-0.4, -0.2) is 27.7 Å². The molecule has 1 aromatic rings. The number of amides is 1. The summed E-state index contributed by atoms with van der Waals surface area (Å²) in [6, 6.07) is 4.69. The molecular weight excluding hydrogens is 250 g/mol. The molecule has 1 aromatic carbocycles. The summed E-state index contributed by atoms with van der Waals surface area (Å²) in [6.07, 6.45) is 0. The van der Waals surface area contributed by atoms with Crippen LogP contribution in [0.2, 0.25) is 0 Å². The number of nitro benzene ring substituents is 1. The third-order valence-corrected chi connectivity index (χ3v) is 2.89. The van der Waals surface area contributed by atoms with E-state index in [0.717, 1.165) is 0 Å². The number of nitro groups is 1. The molecule has 0 aromatic heterocycles. The van der Waals surface area contributed by atoms with Crippen LogP contribution in [0.3, 0.4) is 0 Å². The molecule has 1 aliphatic rings. The van der Waals surface area contributed by atoms with Crippen molar-refractivity contribution < 1.29 is 14.5 Å². The van der Waals surface area contributed by atoms with E-state index in [4.69, 9.17) is 0 Å². The predicted octanol–water partition coefficient (Wildman–Crippen LogP) is 0.960. The topological polar surface area (TPSA) is 92.5 Å². The first kappa shape index (κ1) is 13.2.